The molecule has 0 aliphatic heterocycles. The Bertz CT molecular complexity index is 984. The van der Waals surface area contributed by atoms with Gasteiger partial charge < -0.3 is 19.5 Å². The third kappa shape index (κ3) is 5.97. The summed E-state index contributed by atoms with van der Waals surface area (Å²) < 4.78 is 15.8. The standard InChI is InChI=1S/C26H28N2O5/c1-27-24(29)17-32-18-25(30)33-19-28-26(20-9-5-3-6-10-20,21-11-7-4-8-12-21)22-13-15-23(31-2)16-14-22/h3-16,28H,17-19H2,1-2H3,(H,27,29). The largest absolute Gasteiger partial charge is 0.497 e. The number of benzene rings is 3. The zero-order valence-corrected chi connectivity index (χ0v) is 18.7. The molecule has 0 saturated heterocycles. The number of hydrogen-bond donors (Lipinski definition) is 2. The molecule has 33 heavy (non-hydrogen) atoms. The van der Waals surface area contributed by atoms with E-state index in [0.717, 1.165) is 22.4 Å². The van der Waals surface area contributed by atoms with Crippen LogP contribution in [-0.2, 0) is 24.6 Å². The molecule has 0 bridgehead atoms. The molecule has 3 aromatic carbocycles. The molecule has 1 amide bonds. The summed E-state index contributed by atoms with van der Waals surface area (Å²) in [5.74, 6) is -0.141. The second kappa shape index (κ2) is 11.8. The second-order valence-electron chi connectivity index (χ2n) is 7.21. The number of ether oxygens (including phenoxy) is 3. The number of esters is 1. The molecule has 0 heterocycles. The second-order valence-corrected chi connectivity index (χ2v) is 7.21. The van der Waals surface area contributed by atoms with Gasteiger partial charge in [-0.3, -0.25) is 10.1 Å². The van der Waals surface area contributed by atoms with E-state index >= 15 is 0 Å². The van der Waals surface area contributed by atoms with Crippen molar-refractivity contribution < 1.29 is 23.8 Å². The van der Waals surface area contributed by atoms with Crippen molar-refractivity contribution in [3.05, 3.63) is 102 Å². The molecule has 172 valence electrons. The molecular weight excluding hydrogens is 420 g/mol. The van der Waals surface area contributed by atoms with Crippen LogP contribution in [0.5, 0.6) is 5.75 Å². The minimum absolute atomic E-state index is 0.0714. The number of rotatable bonds is 11. The third-order valence-electron chi connectivity index (χ3n) is 5.24. The lowest BCUT2D eigenvalue weighted by Crippen LogP contribution is -2.46. The van der Waals surface area contributed by atoms with Gasteiger partial charge in [0.15, 0.2) is 0 Å². The van der Waals surface area contributed by atoms with E-state index in [9.17, 15) is 9.59 Å². The molecule has 2 N–H and O–H groups in total. The average molecular weight is 449 g/mol. The van der Waals surface area contributed by atoms with Crippen molar-refractivity contribution in [3.8, 4) is 5.75 Å². The molecule has 7 nitrogen and oxygen atoms in total. The Labute approximate surface area is 193 Å². The van der Waals surface area contributed by atoms with Crippen LogP contribution in [0.3, 0.4) is 0 Å². The number of methoxy groups -OCH3 is 1. The van der Waals surface area contributed by atoms with Crippen molar-refractivity contribution >= 4 is 11.9 Å². The van der Waals surface area contributed by atoms with Crippen molar-refractivity contribution in [1.82, 2.24) is 10.6 Å². The Morgan fingerprint density at radius 2 is 1.33 bits per heavy atom. The Balaban J connectivity index is 1.89. The van der Waals surface area contributed by atoms with E-state index in [1.54, 1.807) is 7.11 Å². The molecule has 3 rings (SSSR count). The lowest BCUT2D eigenvalue weighted by Gasteiger charge is -2.37. The Morgan fingerprint density at radius 3 is 1.85 bits per heavy atom. The lowest BCUT2D eigenvalue weighted by molar-refractivity contribution is -0.151. The summed E-state index contributed by atoms with van der Waals surface area (Å²) in [6.45, 7) is -0.595. The highest BCUT2D eigenvalue weighted by atomic mass is 16.6. The first kappa shape index (κ1) is 24.0. The predicted octanol–water partition coefficient (Wildman–Crippen LogP) is 2.84. The minimum Gasteiger partial charge on any atom is -0.497 e. The highest BCUT2D eigenvalue weighted by Crippen LogP contribution is 2.37. The van der Waals surface area contributed by atoms with Gasteiger partial charge in [0, 0.05) is 7.05 Å². The molecule has 0 aliphatic carbocycles. The lowest BCUT2D eigenvalue weighted by atomic mass is 9.77. The van der Waals surface area contributed by atoms with Crippen LogP contribution in [0.2, 0.25) is 0 Å². The van der Waals surface area contributed by atoms with E-state index in [1.165, 1.54) is 7.05 Å². The summed E-state index contributed by atoms with van der Waals surface area (Å²) in [5, 5.41) is 5.87. The molecular formula is C26H28N2O5. The molecule has 0 atom stereocenters. The number of hydrogen-bond acceptors (Lipinski definition) is 6. The normalized spacial score (nSPS) is 11.0. The van der Waals surface area contributed by atoms with Gasteiger partial charge in [-0.2, -0.15) is 0 Å². The van der Waals surface area contributed by atoms with E-state index in [2.05, 4.69) is 10.6 Å². The van der Waals surface area contributed by atoms with Crippen LogP contribution in [-0.4, -0.2) is 46.0 Å². The maximum absolute atomic E-state index is 12.2. The van der Waals surface area contributed by atoms with Gasteiger partial charge in [0.05, 0.1) is 12.6 Å². The molecule has 0 radical (unpaired) electrons. The van der Waals surface area contributed by atoms with Crippen molar-refractivity contribution in [2.24, 2.45) is 0 Å². The zero-order valence-electron chi connectivity index (χ0n) is 18.7. The topological polar surface area (TPSA) is 85.9 Å². The smallest absolute Gasteiger partial charge is 0.333 e. The average Bonchev–Trinajstić information content (AvgIpc) is 2.88. The summed E-state index contributed by atoms with van der Waals surface area (Å²) >= 11 is 0. The number of nitrogens with one attached hydrogen (secondary N) is 2. The maximum Gasteiger partial charge on any atom is 0.333 e. The fraction of sp³-hybridized carbons (Fsp3) is 0.231. The van der Waals surface area contributed by atoms with Crippen LogP contribution in [0.4, 0.5) is 0 Å². The van der Waals surface area contributed by atoms with Crippen molar-refractivity contribution in [3.63, 3.8) is 0 Å². The van der Waals surface area contributed by atoms with Gasteiger partial charge in [-0.05, 0) is 28.8 Å². The molecule has 0 aromatic heterocycles. The van der Waals surface area contributed by atoms with Crippen LogP contribution >= 0.6 is 0 Å². The van der Waals surface area contributed by atoms with Crippen molar-refractivity contribution in [2.45, 2.75) is 5.54 Å². The Hall–Kier alpha value is -3.68. The van der Waals surface area contributed by atoms with Crippen LogP contribution in [0.25, 0.3) is 0 Å². The van der Waals surface area contributed by atoms with E-state index in [1.807, 2.05) is 84.9 Å². The molecule has 7 heteroatoms. The van der Waals surface area contributed by atoms with Gasteiger partial charge >= 0.3 is 5.97 Å². The minimum atomic E-state index is -0.794. The first-order chi connectivity index (χ1) is 16.1. The molecule has 0 spiro atoms. The number of likely N-dealkylation sites (N-methyl/N-ethyl adjacent to an activating group) is 1. The molecule has 0 fully saturated rings. The fourth-order valence-corrected chi connectivity index (χ4v) is 3.59. The van der Waals surface area contributed by atoms with E-state index < -0.39 is 11.5 Å². The number of carbonyl (C=O) groups is 2. The highest BCUT2D eigenvalue weighted by Gasteiger charge is 2.36. The third-order valence-corrected chi connectivity index (χ3v) is 5.24. The first-order valence-corrected chi connectivity index (χ1v) is 10.5. The van der Waals surface area contributed by atoms with Crippen LogP contribution in [0.1, 0.15) is 16.7 Å². The van der Waals surface area contributed by atoms with Crippen molar-refractivity contribution in [2.75, 3.05) is 34.1 Å². The maximum atomic E-state index is 12.2. The van der Waals surface area contributed by atoms with E-state index in [4.69, 9.17) is 14.2 Å². The van der Waals surface area contributed by atoms with Crippen LogP contribution in [0.15, 0.2) is 84.9 Å². The van der Waals surface area contributed by atoms with Crippen LogP contribution in [0, 0.1) is 0 Å². The molecule has 0 unspecified atom stereocenters. The van der Waals surface area contributed by atoms with Gasteiger partial charge in [0.1, 0.15) is 25.7 Å². The SMILES string of the molecule is CNC(=O)COCC(=O)OCNC(c1ccccc1)(c1ccccc1)c1ccc(OC)cc1. The van der Waals surface area contributed by atoms with Crippen LogP contribution < -0.4 is 15.4 Å². The quantitative estimate of drug-likeness (QED) is 0.267. The zero-order chi connectivity index (χ0) is 23.5. The summed E-state index contributed by atoms with van der Waals surface area (Å²) in [5.41, 5.74) is 2.12. The summed E-state index contributed by atoms with van der Waals surface area (Å²) in [7, 11) is 3.13. The molecule has 0 aliphatic rings. The summed E-state index contributed by atoms with van der Waals surface area (Å²) in [6.07, 6.45) is 0. The number of carbonyl (C=O) groups excluding carboxylic acids is 2. The fourth-order valence-electron chi connectivity index (χ4n) is 3.59. The van der Waals surface area contributed by atoms with Gasteiger partial charge in [0.25, 0.3) is 0 Å². The summed E-state index contributed by atoms with van der Waals surface area (Å²) in [6, 6.07) is 27.7. The van der Waals surface area contributed by atoms with Gasteiger partial charge in [-0.15, -0.1) is 0 Å². The van der Waals surface area contributed by atoms with Gasteiger partial charge in [0.2, 0.25) is 5.91 Å². The monoisotopic (exact) mass is 448 g/mol. The summed E-state index contributed by atoms with van der Waals surface area (Å²) in [4.78, 5) is 23.4. The molecule has 3 aromatic rings. The van der Waals surface area contributed by atoms with Crippen molar-refractivity contribution in [1.29, 1.82) is 0 Å². The van der Waals surface area contributed by atoms with Gasteiger partial charge in [-0.25, -0.2) is 4.79 Å². The Kier molecular flexibility index (Phi) is 8.57. The predicted molar refractivity (Wildman–Crippen MR) is 125 cm³/mol. The van der Waals surface area contributed by atoms with Gasteiger partial charge in [-0.1, -0.05) is 72.8 Å². The van der Waals surface area contributed by atoms with E-state index in [0.29, 0.717) is 0 Å². The van der Waals surface area contributed by atoms with E-state index in [-0.39, 0.29) is 25.9 Å². The first-order valence-electron chi connectivity index (χ1n) is 10.5. The molecule has 0 saturated carbocycles. The highest BCUT2D eigenvalue weighted by molar-refractivity contribution is 5.77. The number of amides is 1. The Morgan fingerprint density at radius 1 is 0.788 bits per heavy atom.